The van der Waals surface area contributed by atoms with Crippen molar-refractivity contribution in [3.63, 3.8) is 0 Å². The van der Waals surface area contributed by atoms with Crippen LogP contribution in [0.4, 0.5) is 58.2 Å². The first-order chi connectivity index (χ1) is 70.9. The number of piperidine rings is 1. The lowest BCUT2D eigenvalue weighted by Crippen LogP contribution is -2.37. The zero-order valence-corrected chi connectivity index (χ0v) is 87.7. The SMILES string of the molecule is C=C1Cc2c(N)nc(OCCCC)nc2N(CCC2CCNCC2)C1.CCCCOc1nc(N)c2c(n1)N(Cc1ccc3c(c1)CCCC3)CC(=O)C2.CCCCOc1nc(N)c2c(n1)N(Cc1ccc3c(c1)CCN(C(C)C)C3)CC(=O)C2.CCCCOc1nc(N)c2c(n1)N(Cc1ccc3c(c1)CCN(CC)C3)CC(=O)C2.CCCCOc1nc(N)c2c(n1)N(Cc1ccc3c(c1)CCN(CC1CC1)C3)CC(=O)C2. The number of hydrogen-bond acceptors (Lipinski definition) is 33. The van der Waals surface area contributed by atoms with Gasteiger partial charge in [-0.25, -0.2) is 0 Å². The molecule has 0 spiro atoms. The zero-order valence-electron chi connectivity index (χ0n) is 87.7. The van der Waals surface area contributed by atoms with Crippen molar-refractivity contribution in [1.82, 2.24) is 69.9 Å². The van der Waals surface area contributed by atoms with E-state index in [0.717, 1.165) is 226 Å². The summed E-state index contributed by atoms with van der Waals surface area (Å²) in [5.41, 5.74) is 52.1. The number of likely N-dealkylation sites (N-methyl/N-ethyl adjacent to an activating group) is 1. The Kier molecular flexibility index (Phi) is 37.3. The minimum Gasteiger partial charge on any atom is -0.463 e. The fourth-order valence-electron chi connectivity index (χ4n) is 20.9. The second-order valence-corrected chi connectivity index (χ2v) is 41.6. The number of carbonyl (C=O) groups is 4. The van der Waals surface area contributed by atoms with Crippen LogP contribution in [0.2, 0.25) is 0 Å². The van der Waals surface area contributed by atoms with Crippen LogP contribution in [0.25, 0.3) is 0 Å². The van der Waals surface area contributed by atoms with E-state index in [0.29, 0.717) is 162 Å². The normalized spacial score (nSPS) is 17.0. The van der Waals surface area contributed by atoms with Gasteiger partial charge < -0.3 is 82.2 Å². The molecule has 0 unspecified atom stereocenters. The number of benzene rings is 4. The van der Waals surface area contributed by atoms with Crippen molar-refractivity contribution < 1.29 is 42.9 Å². The summed E-state index contributed by atoms with van der Waals surface area (Å²) in [4.78, 5) is 112. The quantitative estimate of drug-likeness (QED) is 0.0159. The molecular formula is C113H156N24O9. The van der Waals surface area contributed by atoms with E-state index in [9.17, 15) is 19.2 Å². The highest BCUT2D eigenvalue weighted by molar-refractivity contribution is 5.94. The maximum atomic E-state index is 12.4. The number of nitrogens with zero attached hydrogens (tertiary/aromatic N) is 18. The molecule has 1 saturated heterocycles. The van der Waals surface area contributed by atoms with Crippen LogP contribution in [-0.4, -0.2) is 212 Å². The second-order valence-electron chi connectivity index (χ2n) is 41.6. The third-order valence-electron chi connectivity index (χ3n) is 29.5. The van der Waals surface area contributed by atoms with Gasteiger partial charge in [-0.15, -0.1) is 0 Å². The van der Waals surface area contributed by atoms with E-state index in [2.05, 4.69) is 210 Å². The molecule has 0 bridgehead atoms. The van der Waals surface area contributed by atoms with Crippen molar-refractivity contribution in [2.45, 2.75) is 281 Å². The lowest BCUT2D eigenvalue weighted by atomic mass is 9.90. The Morgan fingerprint density at radius 3 is 1.03 bits per heavy atom. The number of hydrogen-bond donors (Lipinski definition) is 6. The lowest BCUT2D eigenvalue weighted by Gasteiger charge is -2.33. The summed E-state index contributed by atoms with van der Waals surface area (Å²) in [5, 5.41) is 3.43. The fourth-order valence-corrected chi connectivity index (χ4v) is 20.9. The van der Waals surface area contributed by atoms with Gasteiger partial charge in [-0.1, -0.05) is 159 Å². The molecule has 0 atom stereocenters. The van der Waals surface area contributed by atoms with Crippen molar-refractivity contribution in [2.24, 2.45) is 11.8 Å². The number of anilines is 10. The summed E-state index contributed by atoms with van der Waals surface area (Å²) >= 11 is 0. The number of ether oxygens (including phenoxy) is 5. The maximum absolute atomic E-state index is 12.4. The summed E-state index contributed by atoms with van der Waals surface area (Å²) in [6.07, 6.45) is 26.5. The topological polar surface area (TPSA) is 411 Å². The number of carbonyl (C=O) groups excluding carboxylic acids is 4. The highest BCUT2D eigenvalue weighted by Crippen LogP contribution is 2.41. The number of nitrogen functional groups attached to an aromatic ring is 5. The van der Waals surface area contributed by atoms with Crippen LogP contribution < -0.4 is 82.2 Å². The molecule has 11 aliphatic rings. The summed E-state index contributed by atoms with van der Waals surface area (Å²) < 4.78 is 28.5. The second kappa shape index (κ2) is 51.2. The Morgan fingerprint density at radius 2 is 0.678 bits per heavy atom. The van der Waals surface area contributed by atoms with E-state index in [-0.39, 0.29) is 48.8 Å². The van der Waals surface area contributed by atoms with Gasteiger partial charge in [-0.3, -0.25) is 33.9 Å². The molecule has 14 heterocycles. The first-order valence-electron chi connectivity index (χ1n) is 54.2. The van der Waals surface area contributed by atoms with Gasteiger partial charge in [0.2, 0.25) is 0 Å². The number of nitrogens with two attached hydrogens (primary N) is 5. The summed E-state index contributed by atoms with van der Waals surface area (Å²) in [6.45, 7) is 41.0. The summed E-state index contributed by atoms with van der Waals surface area (Å²) in [6, 6.07) is 29.0. The number of aryl methyl sites for hydroxylation is 2. The Labute approximate surface area is 862 Å². The molecule has 11 N–H and O–H groups in total. The van der Waals surface area contributed by atoms with Crippen LogP contribution in [0.5, 0.6) is 30.1 Å². The van der Waals surface area contributed by atoms with Gasteiger partial charge >= 0.3 is 30.1 Å². The minimum absolute atomic E-state index is 0.132. The Hall–Kier alpha value is -12.5. The van der Waals surface area contributed by atoms with Gasteiger partial charge in [0.25, 0.3) is 0 Å². The standard InChI is InChI=1S/C25H33N5O2.C24H33N5O2.C23H31N5O2.C22H28N4O2.C19H31N5O/c1-2-3-10-32-25-27-23(26)22-12-21(31)16-30(24(22)28-25)14-18-6-7-20-15-29(13-17-4-5-17)9-8-19(20)11-18;1-4-5-10-31-24-26-22(25)21-12-20(30)15-29(23(21)27-24)13-17-6-7-19-14-28(16(2)3)9-8-18(19)11-17;1-3-5-10-30-23-25-21(24)20-12-19(29)15-28(22(20)26-23)13-16-6-7-18-14-27(4-2)9-8-17(18)11-16;1-2-3-10-28-22-24-20(23)19-12-18(27)14-26(21(19)25-22)13-15-8-9-16-6-4-5-7-17(16)11-15;1-3-4-11-25-19-22-17(20)16-12-14(2)13-24(18(16)23-19)10-7-15-5-8-21-9-6-15/h6-7,11,17H,2-5,8-10,12-16H2,1H3,(H2,26,27,28);6-7,11,16H,4-5,8-10,12-15H2,1-3H3,(H2,25,26,27);6-7,11H,3-5,8-10,12-15H2,1-2H3,(H2,24,25,26);8-9,11H,2-7,10,12-14H2,1H3,(H2,23,24,25);15,21H,2-13H2,1H3,(H2,20,22,23). The van der Waals surface area contributed by atoms with Crippen molar-refractivity contribution in [3.05, 3.63) is 180 Å². The molecule has 4 aromatic carbocycles. The molecule has 20 rings (SSSR count). The first-order valence-corrected chi connectivity index (χ1v) is 54.2. The minimum atomic E-state index is 0.132. The van der Waals surface area contributed by atoms with Crippen LogP contribution in [0.15, 0.2) is 84.9 Å². The van der Waals surface area contributed by atoms with Gasteiger partial charge in [0.1, 0.15) is 58.2 Å². The largest absolute Gasteiger partial charge is 0.463 e. The van der Waals surface area contributed by atoms with Gasteiger partial charge in [-0.05, 0) is 221 Å². The highest BCUT2D eigenvalue weighted by Gasteiger charge is 2.36. The van der Waals surface area contributed by atoms with E-state index >= 15 is 0 Å². The average molecular weight is 1990 g/mol. The summed E-state index contributed by atoms with van der Waals surface area (Å²) in [7, 11) is 0. The Balaban J connectivity index is 0.000000131. The number of nitrogens with one attached hydrogen (secondary N) is 1. The van der Waals surface area contributed by atoms with E-state index in [1.807, 2.05) is 19.6 Å². The molecule has 9 aromatic rings. The lowest BCUT2D eigenvalue weighted by molar-refractivity contribution is -0.118. The predicted molar refractivity (Wildman–Crippen MR) is 577 cm³/mol. The van der Waals surface area contributed by atoms with Crippen LogP contribution >= 0.6 is 0 Å². The number of unbranched alkanes of at least 4 members (excludes halogenated alkanes) is 5. The van der Waals surface area contributed by atoms with E-state index in [1.165, 1.54) is 130 Å². The van der Waals surface area contributed by atoms with E-state index in [4.69, 9.17) is 52.4 Å². The number of ketones is 4. The van der Waals surface area contributed by atoms with E-state index < -0.39 is 0 Å². The molecule has 1 saturated carbocycles. The third-order valence-corrected chi connectivity index (χ3v) is 29.5. The van der Waals surface area contributed by atoms with Crippen molar-refractivity contribution >= 4 is 81.3 Å². The molecule has 9 aliphatic heterocycles. The molecule has 5 aromatic heterocycles. The summed E-state index contributed by atoms with van der Waals surface area (Å²) in [5.74, 6) is 8.04. The molecule has 0 radical (unpaired) electrons. The molecule has 146 heavy (non-hydrogen) atoms. The molecule has 2 fully saturated rings. The Morgan fingerprint density at radius 1 is 0.356 bits per heavy atom. The monoisotopic (exact) mass is 1990 g/mol. The molecule has 33 heteroatoms. The highest BCUT2D eigenvalue weighted by atomic mass is 16.5. The maximum Gasteiger partial charge on any atom is 0.320 e. The van der Waals surface area contributed by atoms with Crippen molar-refractivity contribution in [3.8, 4) is 30.1 Å². The van der Waals surface area contributed by atoms with E-state index in [1.54, 1.807) is 0 Å². The average Bonchev–Trinajstić information content (AvgIpc) is 1.32. The molecule has 2 aliphatic carbocycles. The van der Waals surface area contributed by atoms with Crippen LogP contribution in [-0.2, 0) is 129 Å². The molecular weight excluding hydrogens is 1840 g/mol. The van der Waals surface area contributed by atoms with Gasteiger partial charge in [0, 0.05) is 151 Å². The van der Waals surface area contributed by atoms with Crippen LogP contribution in [0.3, 0.4) is 0 Å². The number of aromatic nitrogens is 10. The van der Waals surface area contributed by atoms with Crippen molar-refractivity contribution in [2.75, 3.05) is 171 Å². The zero-order chi connectivity index (χ0) is 102. The molecule has 0 amide bonds. The number of rotatable bonds is 35. The van der Waals surface area contributed by atoms with Gasteiger partial charge in [-0.2, -0.15) is 49.8 Å². The fraction of sp³-hybridized carbons (Fsp3) is 0.558. The van der Waals surface area contributed by atoms with Gasteiger partial charge in [0.15, 0.2) is 23.1 Å². The van der Waals surface area contributed by atoms with Crippen LogP contribution in [0.1, 0.15) is 259 Å². The molecule has 782 valence electrons. The van der Waals surface area contributed by atoms with Crippen LogP contribution in [0, 0.1) is 11.8 Å². The predicted octanol–water partition coefficient (Wildman–Crippen LogP) is 14.8. The Bertz CT molecular complexity index is 6030. The molecule has 33 nitrogen and oxygen atoms in total. The number of Topliss-reactive ketones (excluding diaryl/α,β-unsaturated/α-hetero) is 4. The number of fused-ring (bicyclic) bond motifs is 9. The third kappa shape index (κ3) is 28.5. The van der Waals surface area contributed by atoms with Crippen molar-refractivity contribution in [1.29, 1.82) is 0 Å². The first kappa shape index (κ1) is 106. The van der Waals surface area contributed by atoms with Gasteiger partial charge in [0.05, 0.1) is 59.2 Å². The smallest absolute Gasteiger partial charge is 0.320 e.